The van der Waals surface area contributed by atoms with Crippen LogP contribution in [0, 0.1) is 0 Å². The lowest BCUT2D eigenvalue weighted by Gasteiger charge is -2.08. The molecule has 1 unspecified atom stereocenters. The van der Waals surface area contributed by atoms with Crippen LogP contribution in [0.3, 0.4) is 0 Å². The van der Waals surface area contributed by atoms with Crippen molar-refractivity contribution in [1.29, 1.82) is 0 Å². The van der Waals surface area contributed by atoms with Crippen molar-refractivity contribution in [2.24, 2.45) is 0 Å². The number of aryl methyl sites for hydroxylation is 1. The lowest BCUT2D eigenvalue weighted by Crippen LogP contribution is -2.06. The Bertz CT molecular complexity index is 403. The Morgan fingerprint density at radius 2 is 2.24 bits per heavy atom. The number of thioether (sulfide) groups is 1. The van der Waals surface area contributed by atoms with Crippen LogP contribution >= 0.6 is 11.8 Å². The van der Waals surface area contributed by atoms with Gasteiger partial charge in [0, 0.05) is 24.1 Å². The molecule has 3 rings (SSSR count). The molecule has 1 aromatic rings. The molecule has 0 radical (unpaired) electrons. The zero-order chi connectivity index (χ0) is 11.8. The topological polar surface area (TPSA) is 43.8 Å². The van der Waals surface area contributed by atoms with Gasteiger partial charge in [-0.1, -0.05) is 6.92 Å². The Kier molecular flexibility index (Phi) is 3.07. The van der Waals surface area contributed by atoms with Gasteiger partial charge in [0.25, 0.3) is 0 Å². The van der Waals surface area contributed by atoms with Gasteiger partial charge >= 0.3 is 0 Å². The van der Waals surface area contributed by atoms with Crippen LogP contribution in [-0.2, 0) is 6.42 Å². The van der Waals surface area contributed by atoms with Crippen LogP contribution in [0.15, 0.2) is 0 Å². The first-order valence-electron chi connectivity index (χ1n) is 6.75. The average Bonchev–Trinajstić information content (AvgIpc) is 2.90. The highest BCUT2D eigenvalue weighted by molar-refractivity contribution is 7.99. The summed E-state index contributed by atoms with van der Waals surface area (Å²) >= 11 is 2.03. The van der Waals surface area contributed by atoms with E-state index in [4.69, 9.17) is 10.7 Å². The summed E-state index contributed by atoms with van der Waals surface area (Å²) < 4.78 is 2.34. The fourth-order valence-electron chi connectivity index (χ4n) is 2.70. The number of nitrogen functional groups attached to an aromatic ring is 1. The third kappa shape index (κ3) is 2.07. The fourth-order valence-corrected chi connectivity index (χ4v) is 3.93. The number of nitrogens with zero attached hydrogens (tertiary/aromatic N) is 2. The van der Waals surface area contributed by atoms with E-state index in [2.05, 4.69) is 11.5 Å². The SMILES string of the molecule is CCCc1nc(C2CCSC2)c(N)n1C1CC1. The Balaban J connectivity index is 1.94. The van der Waals surface area contributed by atoms with E-state index in [0.29, 0.717) is 12.0 Å². The van der Waals surface area contributed by atoms with Gasteiger partial charge in [0.15, 0.2) is 0 Å². The molecule has 1 aromatic heterocycles. The first-order valence-corrected chi connectivity index (χ1v) is 7.91. The van der Waals surface area contributed by atoms with Crippen LogP contribution in [-0.4, -0.2) is 21.1 Å². The summed E-state index contributed by atoms with van der Waals surface area (Å²) in [4.78, 5) is 4.87. The van der Waals surface area contributed by atoms with Crippen molar-refractivity contribution in [1.82, 2.24) is 9.55 Å². The van der Waals surface area contributed by atoms with Gasteiger partial charge in [0.05, 0.1) is 5.69 Å². The predicted octanol–water partition coefficient (Wildman–Crippen LogP) is 2.97. The molecular weight excluding hydrogens is 230 g/mol. The van der Waals surface area contributed by atoms with Crippen LogP contribution in [0.1, 0.15) is 56.1 Å². The van der Waals surface area contributed by atoms with Gasteiger partial charge in [-0.2, -0.15) is 11.8 Å². The number of rotatable bonds is 4. The Hall–Kier alpha value is -0.640. The van der Waals surface area contributed by atoms with E-state index >= 15 is 0 Å². The van der Waals surface area contributed by atoms with E-state index in [-0.39, 0.29) is 0 Å². The van der Waals surface area contributed by atoms with Crippen molar-refractivity contribution in [2.45, 2.75) is 51.0 Å². The van der Waals surface area contributed by atoms with Crippen LogP contribution in [0.5, 0.6) is 0 Å². The van der Waals surface area contributed by atoms with Gasteiger partial charge in [-0.25, -0.2) is 4.98 Å². The minimum Gasteiger partial charge on any atom is -0.384 e. The number of nitrogens with two attached hydrogens (primary N) is 1. The van der Waals surface area contributed by atoms with Crippen molar-refractivity contribution in [3.05, 3.63) is 11.5 Å². The van der Waals surface area contributed by atoms with E-state index in [0.717, 1.165) is 18.7 Å². The lowest BCUT2D eigenvalue weighted by molar-refractivity contribution is 0.676. The third-order valence-corrected chi connectivity index (χ3v) is 4.91. The molecule has 0 aromatic carbocycles. The number of anilines is 1. The highest BCUT2D eigenvalue weighted by Gasteiger charge is 2.32. The van der Waals surface area contributed by atoms with Crippen LogP contribution in [0.2, 0.25) is 0 Å². The van der Waals surface area contributed by atoms with Crippen molar-refractivity contribution < 1.29 is 0 Å². The van der Waals surface area contributed by atoms with Gasteiger partial charge in [-0.3, -0.25) is 0 Å². The molecule has 4 heteroatoms. The number of imidazole rings is 1. The zero-order valence-electron chi connectivity index (χ0n) is 10.5. The maximum atomic E-state index is 6.35. The smallest absolute Gasteiger partial charge is 0.127 e. The summed E-state index contributed by atoms with van der Waals surface area (Å²) in [6.07, 6.45) is 6.05. The van der Waals surface area contributed by atoms with Crippen molar-refractivity contribution in [2.75, 3.05) is 17.2 Å². The minimum absolute atomic E-state index is 0.607. The fraction of sp³-hybridized carbons (Fsp3) is 0.769. The molecule has 1 saturated carbocycles. The molecule has 94 valence electrons. The van der Waals surface area contributed by atoms with Gasteiger partial charge in [0.2, 0.25) is 0 Å². The molecular formula is C13H21N3S. The van der Waals surface area contributed by atoms with Gasteiger partial charge in [0.1, 0.15) is 11.6 Å². The largest absolute Gasteiger partial charge is 0.384 e. The van der Waals surface area contributed by atoms with Crippen LogP contribution in [0.4, 0.5) is 5.82 Å². The second-order valence-electron chi connectivity index (χ2n) is 5.21. The number of aromatic nitrogens is 2. The molecule has 0 bridgehead atoms. The van der Waals surface area contributed by atoms with Crippen molar-refractivity contribution >= 4 is 17.6 Å². The second-order valence-corrected chi connectivity index (χ2v) is 6.36. The quantitative estimate of drug-likeness (QED) is 0.894. The third-order valence-electron chi connectivity index (χ3n) is 3.75. The summed E-state index contributed by atoms with van der Waals surface area (Å²) in [5.41, 5.74) is 7.55. The lowest BCUT2D eigenvalue weighted by atomic mass is 10.1. The number of hydrogen-bond donors (Lipinski definition) is 1. The Morgan fingerprint density at radius 3 is 2.82 bits per heavy atom. The van der Waals surface area contributed by atoms with Crippen molar-refractivity contribution in [3.63, 3.8) is 0 Å². The standard InChI is InChI=1S/C13H21N3S/c1-2-3-11-15-12(9-6-7-17-8-9)13(14)16(11)10-4-5-10/h9-10H,2-8,14H2,1H3. The summed E-state index contributed by atoms with van der Waals surface area (Å²) in [6.45, 7) is 2.22. The molecule has 1 aliphatic carbocycles. The van der Waals surface area contributed by atoms with Crippen LogP contribution < -0.4 is 5.73 Å². The monoisotopic (exact) mass is 251 g/mol. The second kappa shape index (κ2) is 4.56. The summed E-state index contributed by atoms with van der Waals surface area (Å²) in [5.74, 6) is 5.29. The molecule has 0 amide bonds. The van der Waals surface area contributed by atoms with Gasteiger partial charge in [-0.05, 0) is 31.4 Å². The molecule has 1 saturated heterocycles. The maximum absolute atomic E-state index is 6.35. The molecule has 1 atom stereocenters. The van der Waals surface area contributed by atoms with E-state index in [1.807, 2.05) is 11.8 Å². The van der Waals surface area contributed by atoms with E-state index in [1.54, 1.807) is 0 Å². The Labute approximate surface area is 107 Å². The van der Waals surface area contributed by atoms with Gasteiger partial charge in [-0.15, -0.1) is 0 Å². The molecule has 2 fully saturated rings. The van der Waals surface area contributed by atoms with Crippen LogP contribution in [0.25, 0.3) is 0 Å². The van der Waals surface area contributed by atoms with E-state index in [1.165, 1.54) is 42.3 Å². The molecule has 0 spiro atoms. The average molecular weight is 251 g/mol. The normalized spacial score (nSPS) is 24.4. The first kappa shape index (κ1) is 11.5. The molecule has 2 heterocycles. The zero-order valence-corrected chi connectivity index (χ0v) is 11.3. The minimum atomic E-state index is 0.607. The summed E-state index contributed by atoms with van der Waals surface area (Å²) in [7, 11) is 0. The summed E-state index contributed by atoms with van der Waals surface area (Å²) in [6, 6.07) is 0.659. The molecule has 1 aliphatic heterocycles. The summed E-state index contributed by atoms with van der Waals surface area (Å²) in [5, 5.41) is 0. The Morgan fingerprint density at radius 1 is 1.41 bits per heavy atom. The molecule has 17 heavy (non-hydrogen) atoms. The number of hydrogen-bond acceptors (Lipinski definition) is 3. The highest BCUT2D eigenvalue weighted by atomic mass is 32.2. The molecule has 3 nitrogen and oxygen atoms in total. The first-order chi connectivity index (χ1) is 8.31. The van der Waals surface area contributed by atoms with Gasteiger partial charge < -0.3 is 10.3 Å². The van der Waals surface area contributed by atoms with Crippen molar-refractivity contribution in [3.8, 4) is 0 Å². The predicted molar refractivity (Wildman–Crippen MR) is 73.6 cm³/mol. The molecule has 2 N–H and O–H groups in total. The van der Waals surface area contributed by atoms with E-state index < -0.39 is 0 Å². The van der Waals surface area contributed by atoms with E-state index in [9.17, 15) is 0 Å². The highest BCUT2D eigenvalue weighted by Crippen LogP contribution is 2.42. The maximum Gasteiger partial charge on any atom is 0.127 e. The molecule has 2 aliphatic rings.